The topological polar surface area (TPSA) is 15.3 Å². The number of hydrogen-bond donors (Lipinski definition) is 1. The molecule has 2 nitrogen and oxygen atoms in total. The van der Waals surface area contributed by atoms with Gasteiger partial charge < -0.3 is 5.32 Å². The van der Waals surface area contributed by atoms with Crippen molar-refractivity contribution < 1.29 is 13.2 Å². The highest BCUT2D eigenvalue weighted by atomic mass is 19.4. The summed E-state index contributed by atoms with van der Waals surface area (Å²) >= 11 is 0. The molecule has 0 aliphatic carbocycles. The van der Waals surface area contributed by atoms with E-state index in [1.807, 2.05) is 0 Å². The average molecular weight is 201 g/mol. The fourth-order valence-corrected chi connectivity index (χ4v) is 1.53. The Kier molecular flexibility index (Phi) is 1.83. The molecule has 1 aliphatic rings. The van der Waals surface area contributed by atoms with Crippen LogP contribution in [0.2, 0.25) is 0 Å². The maximum Gasteiger partial charge on any atom is 0.486 e. The van der Waals surface area contributed by atoms with E-state index in [1.165, 1.54) is 6.07 Å². The van der Waals surface area contributed by atoms with Crippen molar-refractivity contribution in [3.05, 3.63) is 31.2 Å². The van der Waals surface area contributed by atoms with Crippen molar-refractivity contribution in [3.8, 4) is 0 Å². The monoisotopic (exact) mass is 201 g/mol. The molecule has 1 aliphatic heterocycles. The molecule has 0 spiro atoms. The standard InChI is InChI=1S/C9H8F3N2/c1-6-13-7-4-2-3-5-8(7)14(6)9(10,11)12/h2-6,13H,1H2. The molecule has 1 atom stereocenters. The number of para-hydroxylation sites is 2. The lowest BCUT2D eigenvalue weighted by Crippen LogP contribution is -2.44. The van der Waals surface area contributed by atoms with Gasteiger partial charge in [0.1, 0.15) is 6.17 Å². The normalized spacial score (nSPS) is 20.6. The van der Waals surface area contributed by atoms with E-state index in [-0.39, 0.29) is 5.69 Å². The lowest BCUT2D eigenvalue weighted by Gasteiger charge is -2.25. The summed E-state index contributed by atoms with van der Waals surface area (Å²) in [6, 6.07) is 6.26. The molecule has 1 radical (unpaired) electrons. The van der Waals surface area contributed by atoms with E-state index in [0.29, 0.717) is 10.6 Å². The molecular weight excluding hydrogens is 193 g/mol. The van der Waals surface area contributed by atoms with Gasteiger partial charge in [-0.1, -0.05) is 12.1 Å². The number of nitrogens with one attached hydrogen (secondary N) is 1. The van der Waals surface area contributed by atoms with Crippen LogP contribution in [0.5, 0.6) is 0 Å². The molecular formula is C9H8F3N2. The predicted octanol–water partition coefficient (Wildman–Crippen LogP) is 2.60. The Labute approximate surface area is 79.3 Å². The molecule has 14 heavy (non-hydrogen) atoms. The van der Waals surface area contributed by atoms with Crippen molar-refractivity contribution in [1.29, 1.82) is 0 Å². The third-order valence-electron chi connectivity index (χ3n) is 2.07. The smallest absolute Gasteiger partial charge is 0.363 e. The third kappa shape index (κ3) is 1.29. The Bertz CT molecular complexity index is 348. The van der Waals surface area contributed by atoms with Crippen LogP contribution in [0.25, 0.3) is 0 Å². The van der Waals surface area contributed by atoms with Crippen molar-refractivity contribution in [3.63, 3.8) is 0 Å². The predicted molar refractivity (Wildman–Crippen MR) is 47.7 cm³/mol. The summed E-state index contributed by atoms with van der Waals surface area (Å²) in [5, 5.41) is 2.65. The number of nitrogens with zero attached hydrogens (tertiary/aromatic N) is 1. The van der Waals surface area contributed by atoms with E-state index in [1.54, 1.807) is 18.2 Å². The Morgan fingerprint density at radius 3 is 2.57 bits per heavy atom. The maximum atomic E-state index is 12.5. The number of alkyl halides is 3. The van der Waals surface area contributed by atoms with Gasteiger partial charge in [-0.25, -0.2) is 0 Å². The SMILES string of the molecule is [CH2]C1Nc2ccccc2N1C(F)(F)F. The molecule has 1 aromatic rings. The highest BCUT2D eigenvalue weighted by Crippen LogP contribution is 2.40. The Morgan fingerprint density at radius 2 is 1.93 bits per heavy atom. The number of halogens is 3. The second kappa shape index (κ2) is 2.80. The van der Waals surface area contributed by atoms with E-state index in [9.17, 15) is 13.2 Å². The molecule has 5 heteroatoms. The minimum atomic E-state index is -4.40. The molecule has 0 fully saturated rings. The molecule has 0 aromatic heterocycles. The van der Waals surface area contributed by atoms with Gasteiger partial charge in [0, 0.05) is 0 Å². The molecule has 0 saturated heterocycles. The van der Waals surface area contributed by atoms with Crippen molar-refractivity contribution in [2.75, 3.05) is 10.2 Å². The van der Waals surface area contributed by atoms with Crippen LogP contribution in [0.1, 0.15) is 0 Å². The summed E-state index contributed by atoms with van der Waals surface area (Å²) in [4.78, 5) is 0.308. The van der Waals surface area contributed by atoms with Gasteiger partial charge in [0.2, 0.25) is 0 Å². The van der Waals surface area contributed by atoms with Crippen LogP contribution in [0.4, 0.5) is 24.5 Å². The average Bonchev–Trinajstić information content (AvgIpc) is 2.38. The Hall–Kier alpha value is -1.39. The molecule has 1 N–H and O–H groups in total. The number of benzene rings is 1. The number of hydrogen-bond acceptors (Lipinski definition) is 2. The molecule has 75 valence electrons. The van der Waals surface area contributed by atoms with Crippen molar-refractivity contribution in [2.45, 2.75) is 12.5 Å². The number of anilines is 2. The van der Waals surface area contributed by atoms with Gasteiger partial charge in [0.05, 0.1) is 11.4 Å². The minimum absolute atomic E-state index is 0.125. The third-order valence-corrected chi connectivity index (χ3v) is 2.07. The summed E-state index contributed by atoms with van der Waals surface area (Å²) in [6.45, 7) is 3.39. The van der Waals surface area contributed by atoms with Gasteiger partial charge in [-0.15, -0.1) is 0 Å². The van der Waals surface area contributed by atoms with Gasteiger partial charge in [-0.05, 0) is 19.1 Å². The fourth-order valence-electron chi connectivity index (χ4n) is 1.53. The van der Waals surface area contributed by atoms with E-state index >= 15 is 0 Å². The van der Waals surface area contributed by atoms with Crippen LogP contribution in [-0.2, 0) is 0 Å². The highest BCUT2D eigenvalue weighted by molar-refractivity contribution is 5.76. The van der Waals surface area contributed by atoms with Gasteiger partial charge >= 0.3 is 6.30 Å². The summed E-state index contributed by atoms with van der Waals surface area (Å²) in [5.41, 5.74) is 0.588. The summed E-state index contributed by atoms with van der Waals surface area (Å²) in [6.07, 6.45) is -5.39. The first-order valence-electron chi connectivity index (χ1n) is 4.05. The largest absolute Gasteiger partial charge is 0.486 e. The van der Waals surface area contributed by atoms with Gasteiger partial charge in [-0.3, -0.25) is 4.90 Å². The second-order valence-electron chi connectivity index (χ2n) is 3.02. The van der Waals surface area contributed by atoms with Crippen LogP contribution in [0, 0.1) is 6.92 Å². The van der Waals surface area contributed by atoms with Crippen LogP contribution in [0.15, 0.2) is 24.3 Å². The van der Waals surface area contributed by atoms with Gasteiger partial charge in [0.25, 0.3) is 0 Å². The first-order valence-corrected chi connectivity index (χ1v) is 4.05. The zero-order chi connectivity index (χ0) is 10.3. The summed E-state index contributed by atoms with van der Waals surface area (Å²) in [5.74, 6) is 0. The first kappa shape index (κ1) is 9.18. The van der Waals surface area contributed by atoms with Crippen molar-refractivity contribution >= 4 is 11.4 Å². The van der Waals surface area contributed by atoms with Crippen LogP contribution in [-0.4, -0.2) is 12.5 Å². The highest BCUT2D eigenvalue weighted by Gasteiger charge is 2.44. The first-order chi connectivity index (χ1) is 6.50. The van der Waals surface area contributed by atoms with Crippen LogP contribution >= 0.6 is 0 Å². The lowest BCUT2D eigenvalue weighted by molar-refractivity contribution is -0.130. The van der Waals surface area contributed by atoms with Crippen LogP contribution < -0.4 is 10.2 Å². The zero-order valence-corrected chi connectivity index (χ0v) is 7.17. The molecule has 1 heterocycles. The Morgan fingerprint density at radius 1 is 1.29 bits per heavy atom. The summed E-state index contributed by atoms with van der Waals surface area (Å²) < 4.78 is 37.6. The van der Waals surface area contributed by atoms with Gasteiger partial charge in [-0.2, -0.15) is 13.2 Å². The molecule has 1 unspecified atom stereocenters. The number of rotatable bonds is 0. The minimum Gasteiger partial charge on any atom is -0.363 e. The number of fused-ring (bicyclic) bond motifs is 1. The lowest BCUT2D eigenvalue weighted by atomic mass is 10.3. The van der Waals surface area contributed by atoms with Crippen molar-refractivity contribution in [1.82, 2.24) is 0 Å². The maximum absolute atomic E-state index is 12.5. The van der Waals surface area contributed by atoms with Crippen LogP contribution in [0.3, 0.4) is 0 Å². The van der Waals surface area contributed by atoms with Crippen molar-refractivity contribution in [2.24, 2.45) is 0 Å². The van der Waals surface area contributed by atoms with E-state index < -0.39 is 12.5 Å². The van der Waals surface area contributed by atoms with E-state index in [2.05, 4.69) is 12.2 Å². The molecule has 0 amide bonds. The van der Waals surface area contributed by atoms with E-state index in [4.69, 9.17) is 0 Å². The molecule has 2 rings (SSSR count). The molecule has 1 aromatic carbocycles. The van der Waals surface area contributed by atoms with E-state index in [0.717, 1.165) is 0 Å². The Balaban J connectivity index is 2.45. The molecule has 0 saturated carbocycles. The molecule has 0 bridgehead atoms. The zero-order valence-electron chi connectivity index (χ0n) is 7.17. The van der Waals surface area contributed by atoms with Gasteiger partial charge in [0.15, 0.2) is 0 Å². The summed E-state index contributed by atoms with van der Waals surface area (Å²) in [7, 11) is 0. The quantitative estimate of drug-likeness (QED) is 0.649. The second-order valence-corrected chi connectivity index (χ2v) is 3.02. The fraction of sp³-hybridized carbons (Fsp3) is 0.222.